The normalized spacial score (nSPS) is 17.9. The average molecular weight is 248 g/mol. The molecule has 18 heavy (non-hydrogen) atoms. The minimum Gasteiger partial charge on any atom is -0.492 e. The molecule has 0 radical (unpaired) electrons. The van der Waals surface area contributed by atoms with E-state index in [2.05, 4.69) is 24.0 Å². The van der Waals surface area contributed by atoms with Gasteiger partial charge in [-0.15, -0.1) is 0 Å². The molecule has 1 aromatic carbocycles. The molecule has 1 aliphatic heterocycles. The maximum absolute atomic E-state index is 6.03. The summed E-state index contributed by atoms with van der Waals surface area (Å²) in [6.45, 7) is 6.36. The molecule has 2 N–H and O–H groups in total. The molecule has 3 heteroatoms. The van der Waals surface area contributed by atoms with E-state index in [0.29, 0.717) is 0 Å². The van der Waals surface area contributed by atoms with Gasteiger partial charge in [-0.25, -0.2) is 0 Å². The SMILES string of the molecule is CCC(N)c1cccc(OCCN2CCCC2)c1. The highest BCUT2D eigenvalue weighted by Crippen LogP contribution is 2.19. The lowest BCUT2D eigenvalue weighted by Gasteiger charge is -2.16. The first-order chi connectivity index (χ1) is 8.79. The molecular weight excluding hydrogens is 224 g/mol. The van der Waals surface area contributed by atoms with Gasteiger partial charge in [0.15, 0.2) is 0 Å². The lowest BCUT2D eigenvalue weighted by atomic mass is 10.1. The second kappa shape index (κ2) is 6.76. The fourth-order valence-corrected chi connectivity index (χ4v) is 2.37. The number of rotatable bonds is 6. The fourth-order valence-electron chi connectivity index (χ4n) is 2.37. The van der Waals surface area contributed by atoms with Crippen LogP contribution in [0, 0.1) is 0 Å². The van der Waals surface area contributed by atoms with E-state index in [1.54, 1.807) is 0 Å². The van der Waals surface area contributed by atoms with E-state index in [1.165, 1.54) is 25.9 Å². The Morgan fingerprint density at radius 2 is 2.11 bits per heavy atom. The van der Waals surface area contributed by atoms with Crippen LogP contribution >= 0.6 is 0 Å². The summed E-state index contributed by atoms with van der Waals surface area (Å²) in [4.78, 5) is 2.46. The van der Waals surface area contributed by atoms with Crippen molar-refractivity contribution < 1.29 is 4.74 Å². The predicted molar refractivity (Wildman–Crippen MR) is 74.8 cm³/mol. The van der Waals surface area contributed by atoms with Gasteiger partial charge in [0.05, 0.1) is 0 Å². The van der Waals surface area contributed by atoms with E-state index in [9.17, 15) is 0 Å². The first-order valence-electron chi connectivity index (χ1n) is 7.00. The molecule has 1 saturated heterocycles. The minimum absolute atomic E-state index is 0.118. The van der Waals surface area contributed by atoms with E-state index < -0.39 is 0 Å². The van der Waals surface area contributed by atoms with Crippen molar-refractivity contribution in [2.24, 2.45) is 5.73 Å². The molecular formula is C15H24N2O. The van der Waals surface area contributed by atoms with Gasteiger partial charge in [0, 0.05) is 12.6 Å². The van der Waals surface area contributed by atoms with Gasteiger partial charge in [-0.2, -0.15) is 0 Å². The summed E-state index contributed by atoms with van der Waals surface area (Å²) in [5, 5.41) is 0. The Bertz CT molecular complexity index is 361. The predicted octanol–water partition coefficient (Wildman–Crippen LogP) is 2.57. The molecule has 1 aliphatic rings. The minimum atomic E-state index is 0.118. The van der Waals surface area contributed by atoms with Gasteiger partial charge in [0.2, 0.25) is 0 Å². The molecule has 0 spiro atoms. The lowest BCUT2D eigenvalue weighted by Crippen LogP contribution is -2.25. The third-order valence-corrected chi connectivity index (χ3v) is 3.60. The average Bonchev–Trinajstić information content (AvgIpc) is 2.91. The molecule has 0 aliphatic carbocycles. The van der Waals surface area contributed by atoms with Crippen LogP contribution in [0.1, 0.15) is 37.8 Å². The highest BCUT2D eigenvalue weighted by atomic mass is 16.5. The zero-order valence-electron chi connectivity index (χ0n) is 11.3. The van der Waals surface area contributed by atoms with Crippen molar-refractivity contribution in [3.8, 4) is 5.75 Å². The van der Waals surface area contributed by atoms with Crippen LogP contribution < -0.4 is 10.5 Å². The topological polar surface area (TPSA) is 38.5 Å². The summed E-state index contributed by atoms with van der Waals surface area (Å²) in [6.07, 6.45) is 3.62. The van der Waals surface area contributed by atoms with Gasteiger partial charge in [-0.1, -0.05) is 19.1 Å². The third kappa shape index (κ3) is 3.72. The van der Waals surface area contributed by atoms with Crippen molar-refractivity contribution in [1.82, 2.24) is 4.90 Å². The zero-order valence-corrected chi connectivity index (χ0v) is 11.3. The third-order valence-electron chi connectivity index (χ3n) is 3.60. The monoisotopic (exact) mass is 248 g/mol. The Kier molecular flexibility index (Phi) is 5.02. The molecule has 0 bridgehead atoms. The summed E-state index contributed by atoms with van der Waals surface area (Å²) in [5.41, 5.74) is 7.19. The Morgan fingerprint density at radius 3 is 2.83 bits per heavy atom. The van der Waals surface area contributed by atoms with Crippen molar-refractivity contribution in [3.05, 3.63) is 29.8 Å². The summed E-state index contributed by atoms with van der Waals surface area (Å²) >= 11 is 0. The molecule has 1 unspecified atom stereocenters. The molecule has 2 rings (SSSR count). The molecule has 1 heterocycles. The van der Waals surface area contributed by atoms with Gasteiger partial charge >= 0.3 is 0 Å². The van der Waals surface area contributed by atoms with Gasteiger partial charge in [-0.05, 0) is 50.0 Å². The van der Waals surface area contributed by atoms with E-state index in [1.807, 2.05) is 12.1 Å². The van der Waals surface area contributed by atoms with Crippen LogP contribution in [-0.4, -0.2) is 31.1 Å². The molecule has 100 valence electrons. The first kappa shape index (κ1) is 13.4. The van der Waals surface area contributed by atoms with Crippen molar-refractivity contribution in [2.45, 2.75) is 32.2 Å². The lowest BCUT2D eigenvalue weighted by molar-refractivity contribution is 0.237. The van der Waals surface area contributed by atoms with Crippen molar-refractivity contribution >= 4 is 0 Å². The summed E-state index contributed by atoms with van der Waals surface area (Å²) < 4.78 is 5.81. The number of benzene rings is 1. The molecule has 1 atom stereocenters. The Hall–Kier alpha value is -1.06. The number of likely N-dealkylation sites (tertiary alicyclic amines) is 1. The smallest absolute Gasteiger partial charge is 0.119 e. The van der Waals surface area contributed by atoms with Crippen molar-refractivity contribution in [3.63, 3.8) is 0 Å². The standard InChI is InChI=1S/C15H24N2O/c1-2-15(16)13-6-5-7-14(12-13)18-11-10-17-8-3-4-9-17/h5-7,12,15H,2-4,8-11,16H2,1H3. The van der Waals surface area contributed by atoms with Crippen LogP contribution in [0.3, 0.4) is 0 Å². The summed E-state index contributed by atoms with van der Waals surface area (Å²) in [7, 11) is 0. The number of nitrogens with zero attached hydrogens (tertiary/aromatic N) is 1. The maximum Gasteiger partial charge on any atom is 0.119 e. The molecule has 0 amide bonds. The summed E-state index contributed by atoms with van der Waals surface area (Å²) in [6, 6.07) is 8.29. The number of ether oxygens (including phenoxy) is 1. The van der Waals surface area contributed by atoms with Crippen LogP contribution in [-0.2, 0) is 0 Å². The van der Waals surface area contributed by atoms with Crippen LogP contribution in [0.25, 0.3) is 0 Å². The Morgan fingerprint density at radius 1 is 1.33 bits per heavy atom. The Balaban J connectivity index is 1.81. The highest BCUT2D eigenvalue weighted by Gasteiger charge is 2.11. The largest absolute Gasteiger partial charge is 0.492 e. The number of nitrogens with two attached hydrogens (primary N) is 1. The maximum atomic E-state index is 6.03. The van der Waals surface area contributed by atoms with Crippen LogP contribution in [0.15, 0.2) is 24.3 Å². The molecule has 0 aromatic heterocycles. The van der Waals surface area contributed by atoms with Gasteiger partial charge in [0.1, 0.15) is 12.4 Å². The van der Waals surface area contributed by atoms with Gasteiger partial charge in [-0.3, -0.25) is 4.90 Å². The molecule has 0 saturated carbocycles. The van der Waals surface area contributed by atoms with Gasteiger partial charge < -0.3 is 10.5 Å². The second-order valence-electron chi connectivity index (χ2n) is 4.98. The van der Waals surface area contributed by atoms with Gasteiger partial charge in [0.25, 0.3) is 0 Å². The number of hydrogen-bond acceptors (Lipinski definition) is 3. The van der Waals surface area contributed by atoms with E-state index in [0.717, 1.165) is 30.9 Å². The molecule has 1 fully saturated rings. The highest BCUT2D eigenvalue weighted by molar-refractivity contribution is 5.30. The first-order valence-corrected chi connectivity index (χ1v) is 7.00. The van der Waals surface area contributed by atoms with E-state index in [-0.39, 0.29) is 6.04 Å². The number of hydrogen-bond donors (Lipinski definition) is 1. The second-order valence-corrected chi connectivity index (χ2v) is 4.98. The van der Waals surface area contributed by atoms with E-state index >= 15 is 0 Å². The molecule has 1 aromatic rings. The van der Waals surface area contributed by atoms with Crippen LogP contribution in [0.4, 0.5) is 0 Å². The van der Waals surface area contributed by atoms with Crippen LogP contribution in [0.2, 0.25) is 0 Å². The Labute approximate surface area is 110 Å². The molecule has 3 nitrogen and oxygen atoms in total. The fraction of sp³-hybridized carbons (Fsp3) is 0.600. The summed E-state index contributed by atoms with van der Waals surface area (Å²) in [5.74, 6) is 0.940. The van der Waals surface area contributed by atoms with Crippen molar-refractivity contribution in [1.29, 1.82) is 0 Å². The van der Waals surface area contributed by atoms with Crippen LogP contribution in [0.5, 0.6) is 5.75 Å². The zero-order chi connectivity index (χ0) is 12.8. The van der Waals surface area contributed by atoms with Crippen molar-refractivity contribution in [2.75, 3.05) is 26.2 Å². The quantitative estimate of drug-likeness (QED) is 0.841. The van der Waals surface area contributed by atoms with E-state index in [4.69, 9.17) is 10.5 Å².